The van der Waals surface area contributed by atoms with Gasteiger partial charge in [0.05, 0.1) is 0 Å². The monoisotopic (exact) mass is 210 g/mol. The van der Waals surface area contributed by atoms with Crippen molar-refractivity contribution in [2.24, 2.45) is 5.92 Å². The molecule has 2 aliphatic rings. The Kier molecular flexibility index (Phi) is 3.68. The van der Waals surface area contributed by atoms with Gasteiger partial charge >= 0.3 is 0 Å². The van der Waals surface area contributed by atoms with Crippen molar-refractivity contribution in [1.82, 2.24) is 9.80 Å². The minimum Gasteiger partial charge on any atom is -0.301 e. The first-order valence-corrected chi connectivity index (χ1v) is 6.68. The van der Waals surface area contributed by atoms with Gasteiger partial charge in [-0.05, 0) is 45.7 Å². The molecule has 2 heterocycles. The van der Waals surface area contributed by atoms with E-state index in [0.717, 1.165) is 18.0 Å². The summed E-state index contributed by atoms with van der Waals surface area (Å²) in [5.41, 5.74) is 0. The second kappa shape index (κ2) is 4.84. The van der Waals surface area contributed by atoms with Crippen molar-refractivity contribution in [1.29, 1.82) is 0 Å². The highest BCUT2D eigenvalue weighted by Gasteiger charge is 2.33. The predicted molar refractivity (Wildman–Crippen MR) is 65.1 cm³/mol. The van der Waals surface area contributed by atoms with Gasteiger partial charge in [-0.15, -0.1) is 0 Å². The van der Waals surface area contributed by atoms with Gasteiger partial charge in [-0.1, -0.05) is 13.3 Å². The molecule has 0 radical (unpaired) electrons. The van der Waals surface area contributed by atoms with Crippen LogP contribution in [0.4, 0.5) is 0 Å². The highest BCUT2D eigenvalue weighted by atomic mass is 15.2. The lowest BCUT2D eigenvalue weighted by Crippen LogP contribution is -2.55. The topological polar surface area (TPSA) is 6.48 Å². The number of likely N-dealkylation sites (tertiary alicyclic amines) is 2. The Hall–Kier alpha value is -0.0800. The van der Waals surface area contributed by atoms with E-state index in [9.17, 15) is 0 Å². The van der Waals surface area contributed by atoms with Crippen molar-refractivity contribution in [3.63, 3.8) is 0 Å². The molecule has 0 bridgehead atoms. The normalized spacial score (nSPS) is 27.2. The molecule has 88 valence electrons. The van der Waals surface area contributed by atoms with Crippen molar-refractivity contribution in [2.45, 2.75) is 52.1 Å². The molecule has 0 aromatic rings. The zero-order chi connectivity index (χ0) is 10.8. The van der Waals surface area contributed by atoms with Gasteiger partial charge in [-0.2, -0.15) is 0 Å². The van der Waals surface area contributed by atoms with Gasteiger partial charge in [-0.3, -0.25) is 4.90 Å². The second-order valence-electron chi connectivity index (χ2n) is 5.59. The summed E-state index contributed by atoms with van der Waals surface area (Å²) in [7, 11) is 0. The van der Waals surface area contributed by atoms with Crippen molar-refractivity contribution in [3.8, 4) is 0 Å². The average Bonchev–Trinajstić information content (AvgIpc) is 2.17. The van der Waals surface area contributed by atoms with Crippen LogP contribution in [0.15, 0.2) is 0 Å². The molecule has 0 saturated carbocycles. The van der Waals surface area contributed by atoms with E-state index in [1.54, 1.807) is 0 Å². The summed E-state index contributed by atoms with van der Waals surface area (Å²) in [6.45, 7) is 12.3. The van der Waals surface area contributed by atoms with E-state index in [1.165, 1.54) is 45.4 Å². The molecular formula is C13H26N2. The molecule has 0 atom stereocenters. The first-order chi connectivity index (χ1) is 7.20. The average molecular weight is 210 g/mol. The van der Waals surface area contributed by atoms with Crippen LogP contribution >= 0.6 is 0 Å². The second-order valence-corrected chi connectivity index (χ2v) is 5.59. The third-order valence-corrected chi connectivity index (χ3v) is 4.31. The fraction of sp³-hybridized carbons (Fsp3) is 1.00. The Morgan fingerprint density at radius 1 is 1.13 bits per heavy atom. The van der Waals surface area contributed by atoms with Gasteiger partial charge in [0.15, 0.2) is 0 Å². The molecule has 2 rings (SSSR count). The van der Waals surface area contributed by atoms with Crippen molar-refractivity contribution < 1.29 is 0 Å². The summed E-state index contributed by atoms with van der Waals surface area (Å²) in [4.78, 5) is 5.33. The summed E-state index contributed by atoms with van der Waals surface area (Å²) >= 11 is 0. The third-order valence-electron chi connectivity index (χ3n) is 4.31. The zero-order valence-electron chi connectivity index (χ0n) is 10.6. The van der Waals surface area contributed by atoms with Gasteiger partial charge in [0.2, 0.25) is 0 Å². The third kappa shape index (κ3) is 2.54. The lowest BCUT2D eigenvalue weighted by Gasteiger charge is -2.47. The number of hydrogen-bond acceptors (Lipinski definition) is 2. The van der Waals surface area contributed by atoms with E-state index >= 15 is 0 Å². The highest BCUT2D eigenvalue weighted by molar-refractivity contribution is 4.88. The zero-order valence-corrected chi connectivity index (χ0v) is 10.6. The molecule has 2 fully saturated rings. The number of piperidine rings is 1. The maximum absolute atomic E-state index is 2.71. The lowest BCUT2D eigenvalue weighted by molar-refractivity contribution is 0.0131. The number of rotatable bonds is 3. The van der Waals surface area contributed by atoms with E-state index in [0.29, 0.717) is 0 Å². The van der Waals surface area contributed by atoms with Crippen LogP contribution in [0.1, 0.15) is 40.0 Å². The summed E-state index contributed by atoms with van der Waals surface area (Å²) in [6, 6.07) is 1.65. The molecule has 2 heteroatoms. The molecule has 2 saturated heterocycles. The number of nitrogens with zero attached hydrogens (tertiary/aromatic N) is 2. The van der Waals surface area contributed by atoms with Crippen LogP contribution in [0.3, 0.4) is 0 Å². The molecule has 0 spiro atoms. The van der Waals surface area contributed by atoms with Gasteiger partial charge in [0, 0.05) is 25.2 Å². The molecular weight excluding hydrogens is 184 g/mol. The molecule has 2 nitrogen and oxygen atoms in total. The first-order valence-electron chi connectivity index (χ1n) is 6.68. The Morgan fingerprint density at radius 2 is 1.73 bits per heavy atom. The Balaban J connectivity index is 1.70. The van der Waals surface area contributed by atoms with Crippen LogP contribution in [0.25, 0.3) is 0 Å². The quantitative estimate of drug-likeness (QED) is 0.704. The molecule has 0 aliphatic carbocycles. The molecule has 15 heavy (non-hydrogen) atoms. The predicted octanol–water partition coefficient (Wildman–Crippen LogP) is 2.20. The Bertz CT molecular complexity index is 189. The molecule has 0 amide bonds. The fourth-order valence-electron chi connectivity index (χ4n) is 2.93. The first kappa shape index (κ1) is 11.4. The minimum absolute atomic E-state index is 0.741. The molecule has 0 aromatic heterocycles. The van der Waals surface area contributed by atoms with Gasteiger partial charge in [0.1, 0.15) is 0 Å². The van der Waals surface area contributed by atoms with E-state index < -0.39 is 0 Å². The van der Waals surface area contributed by atoms with Gasteiger partial charge in [-0.25, -0.2) is 0 Å². The van der Waals surface area contributed by atoms with E-state index in [1.807, 2.05) is 0 Å². The van der Waals surface area contributed by atoms with Gasteiger partial charge < -0.3 is 4.90 Å². The van der Waals surface area contributed by atoms with E-state index in [-0.39, 0.29) is 0 Å². The van der Waals surface area contributed by atoms with Crippen molar-refractivity contribution in [2.75, 3.05) is 26.2 Å². The van der Waals surface area contributed by atoms with E-state index in [4.69, 9.17) is 0 Å². The summed E-state index contributed by atoms with van der Waals surface area (Å²) < 4.78 is 0. The summed E-state index contributed by atoms with van der Waals surface area (Å²) in [5.74, 6) is 1.01. The SMILES string of the molecule is CCC1CN(C2CCN(C(C)C)CC2)C1. The summed E-state index contributed by atoms with van der Waals surface area (Å²) in [6.07, 6.45) is 4.17. The van der Waals surface area contributed by atoms with Gasteiger partial charge in [0.25, 0.3) is 0 Å². The van der Waals surface area contributed by atoms with Crippen LogP contribution in [0.5, 0.6) is 0 Å². The van der Waals surface area contributed by atoms with Crippen LogP contribution < -0.4 is 0 Å². The molecule has 0 unspecified atom stereocenters. The van der Waals surface area contributed by atoms with Crippen LogP contribution in [-0.4, -0.2) is 48.1 Å². The standard InChI is InChI=1S/C13H26N2/c1-4-12-9-15(10-12)13-5-7-14(8-6-13)11(2)3/h11-13H,4-10H2,1-3H3. The number of hydrogen-bond donors (Lipinski definition) is 0. The van der Waals surface area contributed by atoms with Crippen LogP contribution in [0, 0.1) is 5.92 Å². The largest absolute Gasteiger partial charge is 0.301 e. The highest BCUT2D eigenvalue weighted by Crippen LogP contribution is 2.26. The van der Waals surface area contributed by atoms with Crippen LogP contribution in [0.2, 0.25) is 0 Å². The summed E-state index contributed by atoms with van der Waals surface area (Å²) in [5, 5.41) is 0. The maximum atomic E-state index is 2.71. The van der Waals surface area contributed by atoms with E-state index in [2.05, 4.69) is 30.6 Å². The van der Waals surface area contributed by atoms with Crippen LogP contribution in [-0.2, 0) is 0 Å². The van der Waals surface area contributed by atoms with Crippen molar-refractivity contribution >= 4 is 0 Å². The maximum Gasteiger partial charge on any atom is 0.0120 e. The Labute approximate surface area is 94.6 Å². The molecule has 0 N–H and O–H groups in total. The fourth-order valence-corrected chi connectivity index (χ4v) is 2.93. The minimum atomic E-state index is 0.741. The molecule has 2 aliphatic heterocycles. The Morgan fingerprint density at radius 3 is 2.20 bits per heavy atom. The molecule has 0 aromatic carbocycles. The lowest BCUT2D eigenvalue weighted by atomic mass is 9.91. The smallest absolute Gasteiger partial charge is 0.0120 e. The van der Waals surface area contributed by atoms with Crippen molar-refractivity contribution in [3.05, 3.63) is 0 Å².